The van der Waals surface area contributed by atoms with Crippen molar-refractivity contribution in [2.45, 2.75) is 39.5 Å². The van der Waals surface area contributed by atoms with E-state index in [1.54, 1.807) is 0 Å². The van der Waals surface area contributed by atoms with Crippen molar-refractivity contribution in [2.75, 3.05) is 18.4 Å². The summed E-state index contributed by atoms with van der Waals surface area (Å²) in [5, 5.41) is 12.1. The smallest absolute Gasteiger partial charge is 0.311 e. The van der Waals surface area contributed by atoms with E-state index >= 15 is 0 Å². The summed E-state index contributed by atoms with van der Waals surface area (Å²) < 4.78 is 14.3. The number of amides is 2. The van der Waals surface area contributed by atoms with Crippen molar-refractivity contribution < 1.29 is 23.9 Å². The molecule has 0 bridgehead atoms. The van der Waals surface area contributed by atoms with Crippen LogP contribution in [-0.4, -0.2) is 40.9 Å². The zero-order valence-corrected chi connectivity index (χ0v) is 15.6. The third kappa shape index (κ3) is 3.68. The number of rotatable bonds is 5. The molecule has 2 aliphatic rings. The fourth-order valence-corrected chi connectivity index (χ4v) is 4.30. The van der Waals surface area contributed by atoms with E-state index in [-0.39, 0.29) is 47.9 Å². The number of hydrogen-bond donors (Lipinski definition) is 2. The fraction of sp³-hybridized carbons (Fsp3) is 0.550. The summed E-state index contributed by atoms with van der Waals surface area (Å²) in [7, 11) is 0. The Morgan fingerprint density at radius 3 is 2.70 bits per heavy atom. The van der Waals surface area contributed by atoms with Crippen molar-refractivity contribution in [3.8, 4) is 0 Å². The predicted molar refractivity (Wildman–Crippen MR) is 97.8 cm³/mol. The van der Waals surface area contributed by atoms with Crippen LogP contribution >= 0.6 is 0 Å². The number of fused-ring (bicyclic) bond motifs is 1. The number of carbonyl (C=O) groups is 3. The van der Waals surface area contributed by atoms with Gasteiger partial charge < -0.3 is 15.3 Å². The maximum atomic E-state index is 14.3. The number of carboxylic acids is 1. The first-order valence-electron chi connectivity index (χ1n) is 9.35. The molecule has 1 aromatic rings. The number of likely N-dealkylation sites (tertiary alicyclic amines) is 1. The van der Waals surface area contributed by atoms with Crippen molar-refractivity contribution in [3.63, 3.8) is 0 Å². The van der Waals surface area contributed by atoms with E-state index < -0.39 is 17.2 Å². The second-order valence-corrected chi connectivity index (χ2v) is 8.08. The molecular formula is C20H25FN2O4. The zero-order valence-electron chi connectivity index (χ0n) is 15.6. The number of nitrogens with zero attached hydrogens (tertiary/aromatic N) is 1. The lowest BCUT2D eigenvalue weighted by atomic mass is 9.81. The van der Waals surface area contributed by atoms with E-state index in [2.05, 4.69) is 5.32 Å². The Kier molecular flexibility index (Phi) is 5.22. The molecule has 0 unspecified atom stereocenters. The van der Waals surface area contributed by atoms with E-state index in [0.717, 1.165) is 18.9 Å². The number of carbonyl (C=O) groups excluding carboxylic acids is 2. The molecule has 1 aliphatic heterocycles. The summed E-state index contributed by atoms with van der Waals surface area (Å²) in [6.07, 6.45) is 2.52. The Labute approximate surface area is 157 Å². The van der Waals surface area contributed by atoms with Gasteiger partial charge in [-0.1, -0.05) is 20.3 Å². The van der Waals surface area contributed by atoms with E-state index in [1.807, 2.05) is 13.8 Å². The van der Waals surface area contributed by atoms with Crippen molar-refractivity contribution in [1.29, 1.82) is 0 Å². The first-order valence-corrected chi connectivity index (χ1v) is 9.35. The SMILES string of the molecule is CC(C)CC(=O)Nc1ccc(C(=O)N2C[C@@H]3CCC[C@@]3(C(=O)O)C2)cc1F. The monoisotopic (exact) mass is 376 g/mol. The van der Waals surface area contributed by atoms with E-state index in [9.17, 15) is 23.9 Å². The fourth-order valence-electron chi connectivity index (χ4n) is 4.30. The van der Waals surface area contributed by atoms with Crippen molar-refractivity contribution in [1.82, 2.24) is 4.90 Å². The highest BCUT2D eigenvalue weighted by atomic mass is 19.1. The highest BCUT2D eigenvalue weighted by molar-refractivity contribution is 5.96. The second-order valence-electron chi connectivity index (χ2n) is 8.08. The number of benzene rings is 1. The van der Waals surface area contributed by atoms with Gasteiger partial charge in [-0.25, -0.2) is 4.39 Å². The first kappa shape index (κ1) is 19.3. The van der Waals surface area contributed by atoms with Gasteiger partial charge in [0, 0.05) is 25.1 Å². The molecule has 1 aliphatic carbocycles. The lowest BCUT2D eigenvalue weighted by molar-refractivity contribution is -0.149. The molecule has 0 radical (unpaired) electrons. The molecule has 6 nitrogen and oxygen atoms in total. The van der Waals surface area contributed by atoms with Gasteiger partial charge in [-0.15, -0.1) is 0 Å². The zero-order chi connectivity index (χ0) is 19.8. The molecule has 0 spiro atoms. The average molecular weight is 376 g/mol. The summed E-state index contributed by atoms with van der Waals surface area (Å²) in [6.45, 7) is 4.35. The largest absolute Gasteiger partial charge is 0.481 e. The van der Waals surface area contributed by atoms with Crippen LogP contribution in [0.2, 0.25) is 0 Å². The minimum Gasteiger partial charge on any atom is -0.481 e. The molecule has 1 heterocycles. The molecule has 1 aromatic carbocycles. The van der Waals surface area contributed by atoms with Crippen LogP contribution in [0.4, 0.5) is 10.1 Å². The van der Waals surface area contributed by atoms with Gasteiger partial charge in [0.1, 0.15) is 5.82 Å². The summed E-state index contributed by atoms with van der Waals surface area (Å²) in [5.41, 5.74) is -0.661. The molecule has 2 N–H and O–H groups in total. The third-order valence-electron chi connectivity index (χ3n) is 5.67. The minimum absolute atomic E-state index is 0.0393. The second kappa shape index (κ2) is 7.29. The molecule has 2 atom stereocenters. The van der Waals surface area contributed by atoms with Gasteiger partial charge in [0.2, 0.25) is 5.91 Å². The molecule has 1 saturated heterocycles. The van der Waals surface area contributed by atoms with Gasteiger partial charge in [-0.05, 0) is 42.9 Å². The van der Waals surface area contributed by atoms with Crippen LogP contribution < -0.4 is 5.32 Å². The quantitative estimate of drug-likeness (QED) is 0.827. The highest BCUT2D eigenvalue weighted by Crippen LogP contribution is 2.49. The number of hydrogen-bond acceptors (Lipinski definition) is 3. The molecule has 2 fully saturated rings. The molecule has 1 saturated carbocycles. The molecule has 2 amide bonds. The number of aliphatic carboxylic acids is 1. The Hall–Kier alpha value is -2.44. The molecule has 27 heavy (non-hydrogen) atoms. The summed E-state index contributed by atoms with van der Waals surface area (Å²) in [6, 6.07) is 3.96. The maximum Gasteiger partial charge on any atom is 0.311 e. The minimum atomic E-state index is -0.862. The van der Waals surface area contributed by atoms with Crippen molar-refractivity contribution >= 4 is 23.5 Å². The van der Waals surface area contributed by atoms with Gasteiger partial charge in [0.25, 0.3) is 5.91 Å². The van der Waals surface area contributed by atoms with Crippen LogP contribution in [0.25, 0.3) is 0 Å². The van der Waals surface area contributed by atoms with E-state index in [1.165, 1.54) is 17.0 Å². The van der Waals surface area contributed by atoms with Crippen LogP contribution in [0, 0.1) is 23.1 Å². The van der Waals surface area contributed by atoms with Crippen LogP contribution in [-0.2, 0) is 9.59 Å². The Morgan fingerprint density at radius 2 is 2.11 bits per heavy atom. The third-order valence-corrected chi connectivity index (χ3v) is 5.67. The van der Waals surface area contributed by atoms with Crippen LogP contribution in [0.1, 0.15) is 49.9 Å². The van der Waals surface area contributed by atoms with Crippen molar-refractivity contribution in [2.24, 2.45) is 17.3 Å². The normalized spacial score (nSPS) is 24.1. The Bertz CT molecular complexity index is 779. The lowest BCUT2D eigenvalue weighted by Crippen LogP contribution is -2.37. The predicted octanol–water partition coefficient (Wildman–Crippen LogP) is 3.14. The lowest BCUT2D eigenvalue weighted by Gasteiger charge is -2.23. The number of carboxylic acid groups (broad SMARTS) is 1. The topological polar surface area (TPSA) is 86.7 Å². The van der Waals surface area contributed by atoms with E-state index in [4.69, 9.17) is 0 Å². The van der Waals surface area contributed by atoms with Crippen molar-refractivity contribution in [3.05, 3.63) is 29.6 Å². The molecule has 0 aromatic heterocycles. The van der Waals surface area contributed by atoms with Crippen LogP contribution in [0.5, 0.6) is 0 Å². The van der Waals surface area contributed by atoms with Gasteiger partial charge >= 0.3 is 5.97 Å². The Balaban J connectivity index is 1.72. The highest BCUT2D eigenvalue weighted by Gasteiger charge is 2.55. The molecule has 3 rings (SSSR count). The summed E-state index contributed by atoms with van der Waals surface area (Å²) in [5.74, 6) is -2.06. The van der Waals surface area contributed by atoms with Crippen LogP contribution in [0.15, 0.2) is 18.2 Å². The standard InChI is InChI=1S/C20H25FN2O4/c1-12(2)8-17(24)22-16-6-5-13(9-15(16)21)18(25)23-10-14-4-3-7-20(14,11-23)19(26)27/h5-6,9,12,14H,3-4,7-8,10-11H2,1-2H3,(H,22,24)(H,26,27)/t14-,20+/m0/s1. The Morgan fingerprint density at radius 1 is 1.37 bits per heavy atom. The number of halogens is 1. The number of anilines is 1. The number of nitrogens with one attached hydrogen (secondary N) is 1. The average Bonchev–Trinajstić information content (AvgIpc) is 3.13. The van der Waals surface area contributed by atoms with Gasteiger partial charge in [-0.3, -0.25) is 14.4 Å². The summed E-state index contributed by atoms with van der Waals surface area (Å²) >= 11 is 0. The van der Waals surface area contributed by atoms with Gasteiger partial charge in [-0.2, -0.15) is 0 Å². The van der Waals surface area contributed by atoms with Gasteiger partial charge in [0.15, 0.2) is 0 Å². The van der Waals surface area contributed by atoms with Crippen LogP contribution in [0.3, 0.4) is 0 Å². The molecule has 7 heteroatoms. The summed E-state index contributed by atoms with van der Waals surface area (Å²) in [4.78, 5) is 37.8. The van der Waals surface area contributed by atoms with E-state index in [0.29, 0.717) is 13.0 Å². The molecular weight excluding hydrogens is 351 g/mol. The first-order chi connectivity index (χ1) is 12.7. The van der Waals surface area contributed by atoms with Gasteiger partial charge in [0.05, 0.1) is 11.1 Å². The maximum absolute atomic E-state index is 14.3. The molecule has 146 valence electrons.